The molecule has 0 heterocycles. The summed E-state index contributed by atoms with van der Waals surface area (Å²) in [5, 5.41) is 0. The van der Waals surface area contributed by atoms with Crippen LogP contribution < -0.4 is 0 Å². The Morgan fingerprint density at radius 1 is 1.08 bits per heavy atom. The highest BCUT2D eigenvalue weighted by atomic mass is 19.4. The van der Waals surface area contributed by atoms with Gasteiger partial charge < -0.3 is 0 Å². The second kappa shape index (κ2) is 3.51. The van der Waals surface area contributed by atoms with Gasteiger partial charge in [-0.05, 0) is 0 Å². The van der Waals surface area contributed by atoms with Crippen LogP contribution in [0.2, 0.25) is 0 Å². The Morgan fingerprint density at radius 3 is 1.54 bits per heavy atom. The molecule has 0 amide bonds. The van der Waals surface area contributed by atoms with Crippen molar-refractivity contribution in [1.82, 2.24) is 0 Å². The van der Waals surface area contributed by atoms with E-state index in [1.165, 1.54) is 0 Å². The zero-order valence-corrected chi connectivity index (χ0v) is 5.84. The Hall–Kier alpha value is -0.820. The van der Waals surface area contributed by atoms with Gasteiger partial charge in [0.15, 0.2) is 5.92 Å². The maximum Gasteiger partial charge on any atom is 0.401 e. The summed E-state index contributed by atoms with van der Waals surface area (Å²) < 4.78 is 80.3. The monoisotopic (exact) mass is 212 g/mol. The van der Waals surface area contributed by atoms with E-state index < -0.39 is 30.7 Å². The van der Waals surface area contributed by atoms with Gasteiger partial charge in [0.1, 0.15) is 0 Å². The van der Waals surface area contributed by atoms with Crippen LogP contribution in [0.25, 0.3) is 0 Å². The topological polar surface area (TPSA) is 17.1 Å². The Morgan fingerprint density at radius 2 is 1.46 bits per heavy atom. The van der Waals surface area contributed by atoms with Gasteiger partial charge in [-0.25, -0.2) is 0 Å². The molecule has 0 N–H and O–H groups in total. The lowest BCUT2D eigenvalue weighted by Gasteiger charge is -2.16. The van der Waals surface area contributed by atoms with E-state index in [-0.39, 0.29) is 0 Å². The van der Waals surface area contributed by atoms with Gasteiger partial charge in [-0.15, -0.1) is 0 Å². The number of hydrogen-bond acceptors (Lipinski definition) is 1. The first kappa shape index (κ1) is 12.2. The zero-order valence-electron chi connectivity index (χ0n) is 5.84. The maximum absolute atomic E-state index is 11.5. The molecule has 1 atom stereocenters. The third-order valence-corrected chi connectivity index (χ3v) is 1.10. The first-order valence-electron chi connectivity index (χ1n) is 2.87. The minimum absolute atomic E-state index is 2.52. The quantitative estimate of drug-likeness (QED) is 0.507. The van der Waals surface area contributed by atoms with Crippen LogP contribution in [-0.4, -0.2) is 18.4 Å². The molecule has 0 aromatic rings. The lowest BCUT2D eigenvalue weighted by molar-refractivity contribution is -0.221. The molecule has 0 aliphatic carbocycles. The number of rotatable bonds is 2. The number of alkyl halides is 6. The summed E-state index contributed by atoms with van der Waals surface area (Å²) in [5.74, 6) is -3.60. The van der Waals surface area contributed by atoms with E-state index in [1.54, 1.807) is 0 Å². The fourth-order valence-electron chi connectivity index (χ4n) is 0.556. The SMILES string of the molecule is O=C(F)C(CC(F)(F)F)C(F)(F)F. The van der Waals surface area contributed by atoms with Crippen molar-refractivity contribution >= 4 is 6.04 Å². The van der Waals surface area contributed by atoms with Crippen molar-refractivity contribution in [2.24, 2.45) is 5.92 Å². The molecular formula is C5H3F7O. The van der Waals surface area contributed by atoms with Crippen molar-refractivity contribution in [2.45, 2.75) is 18.8 Å². The Balaban J connectivity index is 4.56. The smallest absolute Gasteiger partial charge is 0.260 e. The third-order valence-electron chi connectivity index (χ3n) is 1.10. The van der Waals surface area contributed by atoms with Gasteiger partial charge in [0.2, 0.25) is 0 Å². The van der Waals surface area contributed by atoms with Crippen molar-refractivity contribution < 1.29 is 35.5 Å². The van der Waals surface area contributed by atoms with Crippen LogP contribution in [0.3, 0.4) is 0 Å². The lowest BCUT2D eigenvalue weighted by Crippen LogP contribution is -2.33. The summed E-state index contributed by atoms with van der Waals surface area (Å²) in [7, 11) is 0. The van der Waals surface area contributed by atoms with E-state index in [2.05, 4.69) is 0 Å². The second-order valence-electron chi connectivity index (χ2n) is 2.22. The summed E-state index contributed by atoms with van der Waals surface area (Å²) in [5.41, 5.74) is 0. The van der Waals surface area contributed by atoms with Gasteiger partial charge in [-0.1, -0.05) is 0 Å². The van der Waals surface area contributed by atoms with Crippen LogP contribution in [-0.2, 0) is 4.79 Å². The minimum atomic E-state index is -5.50. The number of carbonyl (C=O) groups excluding carboxylic acids is 1. The average Bonchev–Trinajstić information content (AvgIpc) is 1.77. The summed E-state index contributed by atoms with van der Waals surface area (Å²) in [6.45, 7) is 0. The van der Waals surface area contributed by atoms with Gasteiger partial charge in [-0.2, -0.15) is 30.7 Å². The summed E-state index contributed by atoms with van der Waals surface area (Å²) in [6.07, 6.45) is -13.2. The predicted molar refractivity (Wildman–Crippen MR) is 26.3 cm³/mol. The molecule has 0 aromatic heterocycles. The zero-order chi connectivity index (χ0) is 10.9. The number of hydrogen-bond donors (Lipinski definition) is 0. The van der Waals surface area contributed by atoms with Crippen LogP contribution in [0.1, 0.15) is 6.42 Å². The van der Waals surface area contributed by atoms with Crippen molar-refractivity contribution in [3.05, 3.63) is 0 Å². The fourth-order valence-corrected chi connectivity index (χ4v) is 0.556. The highest BCUT2D eigenvalue weighted by molar-refractivity contribution is 5.71. The molecule has 13 heavy (non-hydrogen) atoms. The molecule has 0 aromatic carbocycles. The molecule has 0 aliphatic rings. The Kier molecular flexibility index (Phi) is 3.28. The number of carbonyl (C=O) groups is 1. The van der Waals surface area contributed by atoms with E-state index in [1.807, 2.05) is 0 Å². The second-order valence-corrected chi connectivity index (χ2v) is 2.22. The van der Waals surface area contributed by atoms with Crippen LogP contribution in [0.4, 0.5) is 30.7 Å². The van der Waals surface area contributed by atoms with E-state index in [4.69, 9.17) is 0 Å². The van der Waals surface area contributed by atoms with Crippen molar-refractivity contribution in [3.63, 3.8) is 0 Å². The molecule has 0 aliphatic heterocycles. The summed E-state index contributed by atoms with van der Waals surface area (Å²) >= 11 is 0. The molecule has 0 rings (SSSR count). The summed E-state index contributed by atoms with van der Waals surface area (Å²) in [4.78, 5) is 9.58. The molecule has 0 radical (unpaired) electrons. The van der Waals surface area contributed by atoms with Crippen LogP contribution in [0, 0.1) is 5.92 Å². The van der Waals surface area contributed by atoms with Gasteiger partial charge >= 0.3 is 18.4 Å². The van der Waals surface area contributed by atoms with Gasteiger partial charge in [-0.3, -0.25) is 4.79 Å². The van der Waals surface area contributed by atoms with Crippen LogP contribution in [0.5, 0.6) is 0 Å². The minimum Gasteiger partial charge on any atom is -0.260 e. The molecule has 0 saturated heterocycles. The van der Waals surface area contributed by atoms with Crippen molar-refractivity contribution in [1.29, 1.82) is 0 Å². The van der Waals surface area contributed by atoms with Crippen molar-refractivity contribution in [3.8, 4) is 0 Å². The normalized spacial score (nSPS) is 15.6. The Labute approximate surface area is 67.5 Å². The van der Waals surface area contributed by atoms with Gasteiger partial charge in [0.05, 0.1) is 6.42 Å². The van der Waals surface area contributed by atoms with Crippen molar-refractivity contribution in [2.75, 3.05) is 0 Å². The molecule has 78 valence electrons. The standard InChI is InChI=1S/C5H3F7O/c6-3(13)2(5(10,11)12)1-4(7,8)9/h2H,1H2. The molecule has 1 nitrogen and oxygen atoms in total. The van der Waals surface area contributed by atoms with E-state index >= 15 is 0 Å². The number of halogens is 7. The Bertz CT molecular complexity index is 190. The molecule has 8 heteroatoms. The molecule has 0 saturated carbocycles. The molecule has 0 fully saturated rings. The van der Waals surface area contributed by atoms with E-state index in [0.29, 0.717) is 0 Å². The van der Waals surface area contributed by atoms with Crippen LogP contribution in [0.15, 0.2) is 0 Å². The molecular weight excluding hydrogens is 209 g/mol. The largest absolute Gasteiger partial charge is 0.401 e. The van der Waals surface area contributed by atoms with E-state index in [9.17, 15) is 35.5 Å². The van der Waals surface area contributed by atoms with Gasteiger partial charge in [0.25, 0.3) is 0 Å². The highest BCUT2D eigenvalue weighted by Gasteiger charge is 2.51. The first-order valence-corrected chi connectivity index (χ1v) is 2.87. The van der Waals surface area contributed by atoms with Gasteiger partial charge in [0, 0.05) is 0 Å². The molecule has 0 spiro atoms. The molecule has 1 unspecified atom stereocenters. The maximum atomic E-state index is 11.5. The highest BCUT2D eigenvalue weighted by Crippen LogP contribution is 2.36. The predicted octanol–water partition coefficient (Wildman–Crippen LogP) is 2.61. The third kappa shape index (κ3) is 4.69. The average molecular weight is 212 g/mol. The molecule has 0 bridgehead atoms. The summed E-state index contributed by atoms with van der Waals surface area (Å²) in [6, 6.07) is -3.02. The van der Waals surface area contributed by atoms with Crippen LogP contribution >= 0.6 is 0 Å². The fraction of sp³-hybridized carbons (Fsp3) is 0.800. The van der Waals surface area contributed by atoms with E-state index in [0.717, 1.165) is 0 Å². The first-order chi connectivity index (χ1) is 5.54. The lowest BCUT2D eigenvalue weighted by atomic mass is 10.1.